The second kappa shape index (κ2) is 8.74. The van der Waals surface area contributed by atoms with E-state index in [0.29, 0.717) is 16.1 Å². The highest BCUT2D eigenvalue weighted by Gasteiger charge is 2.28. The number of amides is 1. The maximum absolute atomic E-state index is 12.1. The summed E-state index contributed by atoms with van der Waals surface area (Å²) in [5.41, 5.74) is 5.66. The van der Waals surface area contributed by atoms with E-state index in [1.165, 1.54) is 11.1 Å². The van der Waals surface area contributed by atoms with Crippen molar-refractivity contribution in [1.82, 2.24) is 5.32 Å². The first-order chi connectivity index (χ1) is 14.7. The predicted octanol–water partition coefficient (Wildman–Crippen LogP) is 5.10. The fraction of sp³-hybridized carbons (Fsp3) is 0.120. The van der Waals surface area contributed by atoms with Gasteiger partial charge in [0.15, 0.2) is 0 Å². The van der Waals surface area contributed by atoms with Crippen LogP contribution in [0.15, 0.2) is 66.7 Å². The van der Waals surface area contributed by atoms with Crippen LogP contribution in [0, 0.1) is 23.2 Å². The van der Waals surface area contributed by atoms with Crippen LogP contribution in [0.2, 0.25) is 5.02 Å². The standard InChI is InChI=1S/C25H17ClN2O2/c26-19-12-11-18(15-27)17(14-19)6-5-13-28-25(29)30-16-24-22-9-3-1-7-20(22)21-8-2-4-10-23(21)24/h1-4,7-12,14,24H,13,16H2,(H,28,29). The van der Waals surface area contributed by atoms with E-state index in [1.54, 1.807) is 18.2 Å². The summed E-state index contributed by atoms with van der Waals surface area (Å²) in [6.07, 6.45) is -0.530. The van der Waals surface area contributed by atoms with Gasteiger partial charge in [0.25, 0.3) is 0 Å². The number of halogens is 1. The van der Waals surface area contributed by atoms with Crippen LogP contribution in [-0.2, 0) is 4.74 Å². The SMILES string of the molecule is N#Cc1ccc(Cl)cc1C#CCNC(=O)OCC1c2ccccc2-c2ccccc21. The molecule has 0 saturated carbocycles. The first kappa shape index (κ1) is 19.6. The number of carbonyl (C=O) groups is 1. The maximum Gasteiger partial charge on any atom is 0.407 e. The zero-order valence-electron chi connectivity index (χ0n) is 16.0. The number of carbonyl (C=O) groups excluding carboxylic acids is 1. The van der Waals surface area contributed by atoms with E-state index in [-0.39, 0.29) is 19.1 Å². The second-order valence-corrected chi connectivity index (χ2v) is 7.22. The molecule has 0 bridgehead atoms. The molecule has 0 saturated heterocycles. The van der Waals surface area contributed by atoms with Gasteiger partial charge in [-0.25, -0.2) is 4.79 Å². The molecule has 1 N–H and O–H groups in total. The molecule has 0 spiro atoms. The van der Waals surface area contributed by atoms with E-state index < -0.39 is 6.09 Å². The van der Waals surface area contributed by atoms with E-state index >= 15 is 0 Å². The van der Waals surface area contributed by atoms with Gasteiger partial charge in [-0.2, -0.15) is 5.26 Å². The highest BCUT2D eigenvalue weighted by atomic mass is 35.5. The lowest BCUT2D eigenvalue weighted by atomic mass is 9.98. The molecule has 0 aromatic heterocycles. The van der Waals surface area contributed by atoms with Crippen LogP contribution in [0.3, 0.4) is 0 Å². The van der Waals surface area contributed by atoms with Gasteiger partial charge in [0.2, 0.25) is 0 Å². The molecule has 0 radical (unpaired) electrons. The van der Waals surface area contributed by atoms with Crippen molar-refractivity contribution in [3.05, 3.63) is 94.0 Å². The third-order valence-electron chi connectivity index (χ3n) is 4.99. The normalized spacial score (nSPS) is 11.5. The highest BCUT2D eigenvalue weighted by Crippen LogP contribution is 2.44. The summed E-state index contributed by atoms with van der Waals surface area (Å²) < 4.78 is 5.46. The van der Waals surface area contributed by atoms with Gasteiger partial charge in [-0.1, -0.05) is 72.0 Å². The van der Waals surface area contributed by atoms with Crippen LogP contribution >= 0.6 is 11.6 Å². The fourth-order valence-electron chi connectivity index (χ4n) is 3.62. The van der Waals surface area contributed by atoms with Gasteiger partial charge < -0.3 is 10.1 Å². The van der Waals surface area contributed by atoms with E-state index in [4.69, 9.17) is 21.6 Å². The molecule has 1 aliphatic carbocycles. The zero-order chi connectivity index (χ0) is 20.9. The second-order valence-electron chi connectivity index (χ2n) is 6.78. The number of rotatable bonds is 3. The number of nitrogens with one attached hydrogen (secondary N) is 1. The molecule has 0 atom stereocenters. The Bertz CT molecular complexity index is 1170. The van der Waals surface area contributed by atoms with E-state index in [9.17, 15) is 4.79 Å². The molecule has 5 heteroatoms. The molecule has 1 amide bonds. The van der Waals surface area contributed by atoms with Crippen molar-refractivity contribution in [3.63, 3.8) is 0 Å². The largest absolute Gasteiger partial charge is 0.449 e. The molecule has 1 aliphatic rings. The van der Waals surface area contributed by atoms with Gasteiger partial charge in [-0.3, -0.25) is 0 Å². The maximum atomic E-state index is 12.1. The predicted molar refractivity (Wildman–Crippen MR) is 116 cm³/mol. The average Bonchev–Trinajstić information content (AvgIpc) is 3.09. The Morgan fingerprint density at radius 2 is 1.67 bits per heavy atom. The molecule has 0 heterocycles. The van der Waals surface area contributed by atoms with Crippen LogP contribution in [0.1, 0.15) is 28.2 Å². The van der Waals surface area contributed by atoms with E-state index in [0.717, 1.165) is 11.1 Å². The van der Waals surface area contributed by atoms with Crippen molar-refractivity contribution in [3.8, 4) is 29.0 Å². The van der Waals surface area contributed by atoms with Gasteiger partial charge in [-0.05, 0) is 40.5 Å². The Balaban J connectivity index is 1.37. The van der Waals surface area contributed by atoms with Crippen molar-refractivity contribution in [1.29, 1.82) is 5.26 Å². The first-order valence-electron chi connectivity index (χ1n) is 9.44. The molecular weight excluding hydrogens is 396 g/mol. The molecule has 0 unspecified atom stereocenters. The number of alkyl carbamates (subject to hydrolysis) is 1. The average molecular weight is 413 g/mol. The molecule has 30 heavy (non-hydrogen) atoms. The first-order valence-corrected chi connectivity index (χ1v) is 9.82. The monoisotopic (exact) mass is 412 g/mol. The lowest BCUT2D eigenvalue weighted by Crippen LogP contribution is -2.26. The number of hydrogen-bond donors (Lipinski definition) is 1. The third-order valence-corrected chi connectivity index (χ3v) is 5.23. The van der Waals surface area contributed by atoms with Gasteiger partial charge in [0.05, 0.1) is 12.1 Å². The molecule has 4 rings (SSSR count). The van der Waals surface area contributed by atoms with E-state index in [1.807, 2.05) is 24.3 Å². The third kappa shape index (κ3) is 4.01. The lowest BCUT2D eigenvalue weighted by Gasteiger charge is -2.14. The Morgan fingerprint density at radius 1 is 1.00 bits per heavy atom. The summed E-state index contributed by atoms with van der Waals surface area (Å²) in [7, 11) is 0. The van der Waals surface area contributed by atoms with Gasteiger partial charge in [-0.15, -0.1) is 0 Å². The molecule has 0 fully saturated rings. The van der Waals surface area contributed by atoms with Gasteiger partial charge >= 0.3 is 6.09 Å². The van der Waals surface area contributed by atoms with Crippen LogP contribution in [0.4, 0.5) is 4.79 Å². The highest BCUT2D eigenvalue weighted by molar-refractivity contribution is 6.30. The minimum absolute atomic E-state index is 0.0129. The van der Waals surface area contributed by atoms with E-state index in [2.05, 4.69) is 47.5 Å². The summed E-state index contributed by atoms with van der Waals surface area (Å²) in [5.74, 6) is 5.69. The summed E-state index contributed by atoms with van der Waals surface area (Å²) in [5, 5.41) is 12.2. The Kier molecular flexibility index (Phi) is 5.70. The fourth-order valence-corrected chi connectivity index (χ4v) is 3.79. The quantitative estimate of drug-likeness (QED) is 0.608. The van der Waals surface area contributed by atoms with Crippen molar-refractivity contribution >= 4 is 17.7 Å². The number of benzene rings is 3. The Hall–Kier alpha value is -3.73. The van der Waals surface area contributed by atoms with Crippen molar-refractivity contribution in [2.75, 3.05) is 13.2 Å². The molecular formula is C25H17ClN2O2. The topological polar surface area (TPSA) is 62.1 Å². The van der Waals surface area contributed by atoms with Gasteiger partial charge in [0, 0.05) is 16.5 Å². The summed E-state index contributed by atoms with van der Waals surface area (Å²) in [4.78, 5) is 12.1. The lowest BCUT2D eigenvalue weighted by molar-refractivity contribution is 0.144. The summed E-state index contributed by atoms with van der Waals surface area (Å²) >= 11 is 5.95. The molecule has 3 aromatic carbocycles. The molecule has 0 aliphatic heterocycles. The number of nitrogens with zero attached hydrogens (tertiary/aromatic N) is 1. The van der Waals surface area contributed by atoms with Crippen LogP contribution in [0.5, 0.6) is 0 Å². The summed E-state index contributed by atoms with van der Waals surface area (Å²) in [6.45, 7) is 0.355. The van der Waals surface area contributed by atoms with Crippen molar-refractivity contribution in [2.24, 2.45) is 0 Å². The Labute approximate surface area is 180 Å². The van der Waals surface area contributed by atoms with Gasteiger partial charge in [0.1, 0.15) is 12.7 Å². The number of fused-ring (bicyclic) bond motifs is 3. The van der Waals surface area contributed by atoms with Crippen molar-refractivity contribution < 1.29 is 9.53 Å². The smallest absolute Gasteiger partial charge is 0.407 e. The number of ether oxygens (including phenoxy) is 1. The minimum atomic E-state index is -0.530. The van der Waals surface area contributed by atoms with Crippen LogP contribution < -0.4 is 5.32 Å². The number of nitriles is 1. The number of hydrogen-bond acceptors (Lipinski definition) is 3. The van der Waals surface area contributed by atoms with Crippen LogP contribution in [-0.4, -0.2) is 19.2 Å². The molecule has 4 nitrogen and oxygen atoms in total. The minimum Gasteiger partial charge on any atom is -0.449 e. The van der Waals surface area contributed by atoms with Crippen molar-refractivity contribution in [2.45, 2.75) is 5.92 Å². The molecule has 146 valence electrons. The molecule has 3 aromatic rings. The zero-order valence-corrected chi connectivity index (χ0v) is 16.7. The summed E-state index contributed by atoms with van der Waals surface area (Å²) in [6, 6.07) is 23.3. The van der Waals surface area contributed by atoms with Crippen LogP contribution in [0.25, 0.3) is 11.1 Å². The Morgan fingerprint density at radius 3 is 2.33 bits per heavy atom.